The summed E-state index contributed by atoms with van der Waals surface area (Å²) in [5.41, 5.74) is 6.21. The Labute approximate surface area is 92.7 Å². The first kappa shape index (κ1) is 11.4. The summed E-state index contributed by atoms with van der Waals surface area (Å²) in [6, 6.07) is 0. The molecule has 88 valence electrons. The van der Waals surface area contributed by atoms with E-state index in [0.29, 0.717) is 5.41 Å². The maximum atomic E-state index is 5.79. The molecule has 0 atom stereocenters. The molecule has 0 aliphatic heterocycles. The van der Waals surface area contributed by atoms with Crippen LogP contribution < -0.4 is 11.1 Å². The SMILES string of the molecule is NCC1(CNCCOCC2CC2)CCC1. The Balaban J connectivity index is 1.43. The minimum absolute atomic E-state index is 0.427. The third-order valence-corrected chi connectivity index (χ3v) is 3.82. The number of ether oxygens (including phenoxy) is 1. The zero-order valence-electron chi connectivity index (χ0n) is 9.63. The first-order chi connectivity index (χ1) is 7.35. The summed E-state index contributed by atoms with van der Waals surface area (Å²) in [5, 5.41) is 3.47. The van der Waals surface area contributed by atoms with Crippen molar-refractivity contribution in [2.45, 2.75) is 32.1 Å². The second-order valence-electron chi connectivity index (χ2n) is 5.25. The molecule has 15 heavy (non-hydrogen) atoms. The van der Waals surface area contributed by atoms with Gasteiger partial charge in [-0.25, -0.2) is 0 Å². The van der Waals surface area contributed by atoms with Gasteiger partial charge in [-0.15, -0.1) is 0 Å². The Bertz CT molecular complexity index is 183. The molecule has 3 nitrogen and oxygen atoms in total. The number of hydrogen-bond acceptors (Lipinski definition) is 3. The molecular formula is C12H24N2O. The molecule has 2 saturated carbocycles. The topological polar surface area (TPSA) is 47.3 Å². The third kappa shape index (κ3) is 3.44. The highest BCUT2D eigenvalue weighted by atomic mass is 16.5. The Kier molecular flexibility index (Phi) is 4.00. The van der Waals surface area contributed by atoms with Gasteiger partial charge in [0.05, 0.1) is 6.61 Å². The second-order valence-corrected chi connectivity index (χ2v) is 5.25. The van der Waals surface area contributed by atoms with Crippen molar-refractivity contribution in [1.82, 2.24) is 5.32 Å². The fraction of sp³-hybridized carbons (Fsp3) is 1.00. The molecule has 2 fully saturated rings. The van der Waals surface area contributed by atoms with Crippen LogP contribution in [-0.2, 0) is 4.74 Å². The summed E-state index contributed by atoms with van der Waals surface area (Å²) < 4.78 is 5.56. The lowest BCUT2D eigenvalue weighted by atomic mass is 9.69. The minimum Gasteiger partial charge on any atom is -0.380 e. The van der Waals surface area contributed by atoms with Crippen LogP contribution in [0.4, 0.5) is 0 Å². The van der Waals surface area contributed by atoms with Crippen LogP contribution in [0.1, 0.15) is 32.1 Å². The molecular weight excluding hydrogens is 188 g/mol. The summed E-state index contributed by atoms with van der Waals surface area (Å²) in [6.45, 7) is 4.73. The second kappa shape index (κ2) is 5.28. The van der Waals surface area contributed by atoms with Crippen LogP contribution in [0.2, 0.25) is 0 Å². The molecule has 0 unspecified atom stereocenters. The predicted octanol–water partition coefficient (Wildman–Crippen LogP) is 1.13. The molecule has 2 aliphatic carbocycles. The molecule has 0 amide bonds. The van der Waals surface area contributed by atoms with Gasteiger partial charge >= 0.3 is 0 Å². The smallest absolute Gasteiger partial charge is 0.0591 e. The van der Waals surface area contributed by atoms with Gasteiger partial charge < -0.3 is 15.8 Å². The highest BCUT2D eigenvalue weighted by molar-refractivity contribution is 4.90. The van der Waals surface area contributed by atoms with E-state index in [1.807, 2.05) is 0 Å². The van der Waals surface area contributed by atoms with Gasteiger partial charge in [0.1, 0.15) is 0 Å². The van der Waals surface area contributed by atoms with Crippen molar-refractivity contribution >= 4 is 0 Å². The molecule has 0 radical (unpaired) electrons. The van der Waals surface area contributed by atoms with E-state index in [2.05, 4.69) is 5.32 Å². The normalized spacial score (nSPS) is 23.8. The van der Waals surface area contributed by atoms with Crippen LogP contribution in [0.5, 0.6) is 0 Å². The monoisotopic (exact) mass is 212 g/mol. The van der Waals surface area contributed by atoms with E-state index in [0.717, 1.165) is 38.8 Å². The molecule has 3 N–H and O–H groups in total. The van der Waals surface area contributed by atoms with Gasteiger partial charge in [0.15, 0.2) is 0 Å². The standard InChI is InChI=1S/C12H24N2O/c13-9-12(4-1-5-12)10-14-6-7-15-8-11-2-3-11/h11,14H,1-10,13H2. The van der Waals surface area contributed by atoms with Crippen LogP contribution in [0.3, 0.4) is 0 Å². The summed E-state index contributed by atoms with van der Waals surface area (Å²) in [7, 11) is 0. The molecule has 0 bridgehead atoms. The van der Waals surface area contributed by atoms with Gasteiger partial charge in [-0.2, -0.15) is 0 Å². The molecule has 0 saturated heterocycles. The Morgan fingerprint density at radius 2 is 2.13 bits per heavy atom. The van der Waals surface area contributed by atoms with Crippen molar-refractivity contribution in [2.24, 2.45) is 17.1 Å². The Morgan fingerprint density at radius 1 is 1.33 bits per heavy atom. The summed E-state index contributed by atoms with van der Waals surface area (Å²) in [6.07, 6.45) is 6.73. The van der Waals surface area contributed by atoms with Gasteiger partial charge in [-0.3, -0.25) is 0 Å². The minimum atomic E-state index is 0.427. The van der Waals surface area contributed by atoms with E-state index in [1.54, 1.807) is 0 Å². The van der Waals surface area contributed by atoms with Crippen molar-refractivity contribution in [3.63, 3.8) is 0 Å². The lowest BCUT2D eigenvalue weighted by molar-refractivity contribution is 0.110. The van der Waals surface area contributed by atoms with Crippen LogP contribution in [-0.4, -0.2) is 32.8 Å². The average Bonchev–Trinajstić information content (AvgIpc) is 2.98. The van der Waals surface area contributed by atoms with Gasteiger partial charge in [-0.05, 0) is 43.6 Å². The van der Waals surface area contributed by atoms with E-state index >= 15 is 0 Å². The molecule has 0 aromatic carbocycles. The zero-order chi connectivity index (χ0) is 10.6. The van der Waals surface area contributed by atoms with Gasteiger partial charge in [0.2, 0.25) is 0 Å². The molecule has 2 rings (SSSR count). The van der Waals surface area contributed by atoms with Crippen molar-refractivity contribution < 1.29 is 4.74 Å². The predicted molar refractivity (Wildman–Crippen MR) is 61.8 cm³/mol. The van der Waals surface area contributed by atoms with Crippen molar-refractivity contribution in [1.29, 1.82) is 0 Å². The molecule has 0 aromatic rings. The van der Waals surface area contributed by atoms with E-state index in [4.69, 9.17) is 10.5 Å². The van der Waals surface area contributed by atoms with E-state index in [-0.39, 0.29) is 0 Å². The highest BCUT2D eigenvalue weighted by Gasteiger charge is 2.34. The van der Waals surface area contributed by atoms with Crippen LogP contribution in [0, 0.1) is 11.3 Å². The van der Waals surface area contributed by atoms with E-state index < -0.39 is 0 Å². The van der Waals surface area contributed by atoms with E-state index in [1.165, 1.54) is 32.1 Å². The number of rotatable bonds is 8. The van der Waals surface area contributed by atoms with Gasteiger partial charge in [0.25, 0.3) is 0 Å². The number of nitrogens with two attached hydrogens (primary N) is 1. The quantitative estimate of drug-likeness (QED) is 0.593. The molecule has 0 spiro atoms. The Morgan fingerprint density at radius 3 is 2.67 bits per heavy atom. The largest absolute Gasteiger partial charge is 0.380 e. The van der Waals surface area contributed by atoms with Crippen LogP contribution in [0.25, 0.3) is 0 Å². The van der Waals surface area contributed by atoms with Gasteiger partial charge in [0, 0.05) is 19.7 Å². The van der Waals surface area contributed by atoms with Crippen LogP contribution >= 0.6 is 0 Å². The lowest BCUT2D eigenvalue weighted by Crippen LogP contribution is -2.46. The molecule has 0 aromatic heterocycles. The average molecular weight is 212 g/mol. The summed E-state index contributed by atoms with van der Waals surface area (Å²) >= 11 is 0. The summed E-state index contributed by atoms with van der Waals surface area (Å²) in [5.74, 6) is 0.881. The van der Waals surface area contributed by atoms with Crippen molar-refractivity contribution in [2.75, 3.05) is 32.8 Å². The molecule has 2 aliphatic rings. The van der Waals surface area contributed by atoms with Crippen molar-refractivity contribution in [3.05, 3.63) is 0 Å². The van der Waals surface area contributed by atoms with E-state index in [9.17, 15) is 0 Å². The fourth-order valence-corrected chi connectivity index (χ4v) is 2.16. The zero-order valence-corrected chi connectivity index (χ0v) is 9.63. The molecule has 0 heterocycles. The molecule has 3 heteroatoms. The maximum absolute atomic E-state index is 5.79. The lowest BCUT2D eigenvalue weighted by Gasteiger charge is -2.41. The maximum Gasteiger partial charge on any atom is 0.0591 e. The first-order valence-corrected chi connectivity index (χ1v) is 6.33. The Hall–Kier alpha value is -0.120. The van der Waals surface area contributed by atoms with Crippen LogP contribution in [0.15, 0.2) is 0 Å². The summed E-state index contributed by atoms with van der Waals surface area (Å²) in [4.78, 5) is 0. The third-order valence-electron chi connectivity index (χ3n) is 3.82. The highest BCUT2D eigenvalue weighted by Crippen LogP contribution is 2.38. The number of hydrogen-bond donors (Lipinski definition) is 2. The fourth-order valence-electron chi connectivity index (χ4n) is 2.16. The van der Waals surface area contributed by atoms with Crippen molar-refractivity contribution in [3.8, 4) is 0 Å². The van der Waals surface area contributed by atoms with Gasteiger partial charge in [-0.1, -0.05) is 6.42 Å². The number of nitrogens with one attached hydrogen (secondary N) is 1. The first-order valence-electron chi connectivity index (χ1n) is 6.33.